The summed E-state index contributed by atoms with van der Waals surface area (Å²) in [7, 11) is 0. The molecule has 16 heavy (non-hydrogen) atoms. The summed E-state index contributed by atoms with van der Waals surface area (Å²) in [6.45, 7) is 4.97. The summed E-state index contributed by atoms with van der Waals surface area (Å²) in [6, 6.07) is 1.87. The number of hydrogen-bond acceptors (Lipinski definition) is 3. The number of aryl methyl sites for hydroxylation is 2. The van der Waals surface area contributed by atoms with Gasteiger partial charge >= 0.3 is 0 Å². The van der Waals surface area contributed by atoms with E-state index in [4.69, 9.17) is 12.2 Å². The highest BCUT2D eigenvalue weighted by Crippen LogP contribution is 2.16. The predicted molar refractivity (Wildman–Crippen MR) is 65.7 cm³/mol. The van der Waals surface area contributed by atoms with Crippen LogP contribution in [0.5, 0.6) is 0 Å². The van der Waals surface area contributed by atoms with Crippen molar-refractivity contribution in [3.8, 4) is 11.3 Å². The molecule has 2 rings (SSSR count). The van der Waals surface area contributed by atoms with Crippen LogP contribution in [0.3, 0.4) is 0 Å². The first-order valence-electron chi connectivity index (χ1n) is 5.36. The minimum atomic E-state index is 0.620. The SMILES string of the molecule is CCc1nc(=S)cc(-c2cnn(CC)c2)[nH]1. The predicted octanol–water partition coefficient (Wildman–Crippen LogP) is 2.58. The second kappa shape index (κ2) is 4.57. The van der Waals surface area contributed by atoms with Gasteiger partial charge in [0.15, 0.2) is 0 Å². The molecule has 1 N–H and O–H groups in total. The Labute approximate surface area is 99.4 Å². The Balaban J connectivity index is 2.46. The van der Waals surface area contributed by atoms with Gasteiger partial charge in [-0.25, -0.2) is 4.98 Å². The molecule has 0 aliphatic rings. The Bertz CT molecular complexity index is 541. The maximum atomic E-state index is 5.13. The normalized spacial score (nSPS) is 10.6. The molecular formula is C11H14N4S. The van der Waals surface area contributed by atoms with Crippen molar-refractivity contribution in [2.75, 3.05) is 0 Å². The van der Waals surface area contributed by atoms with E-state index >= 15 is 0 Å². The van der Waals surface area contributed by atoms with Gasteiger partial charge in [-0.2, -0.15) is 5.10 Å². The lowest BCUT2D eigenvalue weighted by Crippen LogP contribution is -1.95. The lowest BCUT2D eigenvalue weighted by molar-refractivity contribution is 0.660. The van der Waals surface area contributed by atoms with Gasteiger partial charge in [-0.05, 0) is 13.0 Å². The lowest BCUT2D eigenvalue weighted by Gasteiger charge is -2.01. The second-order valence-electron chi connectivity index (χ2n) is 3.52. The number of aromatic amines is 1. The van der Waals surface area contributed by atoms with Crippen molar-refractivity contribution >= 4 is 12.2 Å². The highest BCUT2D eigenvalue weighted by molar-refractivity contribution is 7.71. The Hall–Kier alpha value is -1.49. The molecule has 5 heteroatoms. The van der Waals surface area contributed by atoms with Crippen LogP contribution in [0, 0.1) is 4.64 Å². The molecule has 2 heterocycles. The Morgan fingerprint density at radius 3 is 2.88 bits per heavy atom. The molecule has 0 saturated heterocycles. The van der Waals surface area contributed by atoms with Crippen LogP contribution in [0.2, 0.25) is 0 Å². The zero-order chi connectivity index (χ0) is 11.5. The van der Waals surface area contributed by atoms with Crippen molar-refractivity contribution in [2.45, 2.75) is 26.8 Å². The Morgan fingerprint density at radius 2 is 2.25 bits per heavy atom. The van der Waals surface area contributed by atoms with Crippen LogP contribution in [-0.4, -0.2) is 19.7 Å². The van der Waals surface area contributed by atoms with E-state index in [0.29, 0.717) is 4.64 Å². The fourth-order valence-electron chi connectivity index (χ4n) is 1.51. The minimum absolute atomic E-state index is 0.620. The van der Waals surface area contributed by atoms with Gasteiger partial charge in [0.25, 0.3) is 0 Å². The average molecular weight is 234 g/mol. The van der Waals surface area contributed by atoms with Gasteiger partial charge in [0.2, 0.25) is 0 Å². The van der Waals surface area contributed by atoms with Crippen LogP contribution in [0.25, 0.3) is 11.3 Å². The summed E-state index contributed by atoms with van der Waals surface area (Å²) in [5, 5.41) is 4.24. The van der Waals surface area contributed by atoms with Gasteiger partial charge in [0.05, 0.1) is 11.9 Å². The third-order valence-corrected chi connectivity index (χ3v) is 2.60. The molecule has 0 saturated carbocycles. The van der Waals surface area contributed by atoms with E-state index in [1.807, 2.05) is 30.1 Å². The fraction of sp³-hybridized carbons (Fsp3) is 0.364. The molecule has 0 unspecified atom stereocenters. The van der Waals surface area contributed by atoms with E-state index in [9.17, 15) is 0 Å². The number of aromatic nitrogens is 4. The summed E-state index contributed by atoms with van der Waals surface area (Å²) in [5.74, 6) is 0.909. The molecule has 0 radical (unpaired) electrons. The maximum Gasteiger partial charge on any atom is 0.130 e. The van der Waals surface area contributed by atoms with Crippen LogP contribution in [0.1, 0.15) is 19.7 Å². The van der Waals surface area contributed by atoms with Gasteiger partial charge < -0.3 is 4.98 Å². The first kappa shape index (κ1) is 11.0. The number of H-pyrrole nitrogens is 1. The van der Waals surface area contributed by atoms with Crippen molar-refractivity contribution in [1.82, 2.24) is 19.7 Å². The summed E-state index contributed by atoms with van der Waals surface area (Å²) < 4.78 is 2.51. The molecule has 2 aromatic rings. The first-order valence-corrected chi connectivity index (χ1v) is 5.76. The van der Waals surface area contributed by atoms with Crippen molar-refractivity contribution in [3.63, 3.8) is 0 Å². The van der Waals surface area contributed by atoms with Gasteiger partial charge in [-0.1, -0.05) is 19.1 Å². The summed E-state index contributed by atoms with van der Waals surface area (Å²) >= 11 is 5.13. The third-order valence-electron chi connectivity index (χ3n) is 2.40. The van der Waals surface area contributed by atoms with Gasteiger partial charge in [-0.15, -0.1) is 0 Å². The number of nitrogens with zero attached hydrogens (tertiary/aromatic N) is 3. The number of nitrogens with one attached hydrogen (secondary N) is 1. The lowest BCUT2D eigenvalue weighted by atomic mass is 10.2. The maximum absolute atomic E-state index is 5.13. The molecular weight excluding hydrogens is 220 g/mol. The molecule has 0 aliphatic carbocycles. The molecule has 0 aliphatic heterocycles. The van der Waals surface area contributed by atoms with Gasteiger partial charge in [0.1, 0.15) is 10.5 Å². The van der Waals surface area contributed by atoms with Crippen LogP contribution >= 0.6 is 12.2 Å². The Kier molecular flexibility index (Phi) is 3.14. The topological polar surface area (TPSA) is 46.5 Å². The molecule has 84 valence electrons. The van der Waals surface area contributed by atoms with Crippen molar-refractivity contribution in [3.05, 3.63) is 28.9 Å². The molecule has 2 aromatic heterocycles. The highest BCUT2D eigenvalue weighted by atomic mass is 32.1. The highest BCUT2D eigenvalue weighted by Gasteiger charge is 2.03. The minimum Gasteiger partial charge on any atom is -0.343 e. The second-order valence-corrected chi connectivity index (χ2v) is 3.94. The van der Waals surface area contributed by atoms with Crippen LogP contribution < -0.4 is 0 Å². The zero-order valence-corrected chi connectivity index (χ0v) is 10.2. The molecule has 0 amide bonds. The molecule has 0 bridgehead atoms. The first-order chi connectivity index (χ1) is 7.72. The smallest absolute Gasteiger partial charge is 0.130 e. The van der Waals surface area contributed by atoms with Gasteiger partial charge in [0, 0.05) is 24.7 Å². The quantitative estimate of drug-likeness (QED) is 0.830. The standard InChI is InChI=1S/C11H14N4S/c1-3-10-13-9(5-11(16)14-10)8-6-12-15(4-2)7-8/h5-7H,3-4H2,1-2H3,(H,13,14,16). The summed E-state index contributed by atoms with van der Waals surface area (Å²) in [4.78, 5) is 7.49. The fourth-order valence-corrected chi connectivity index (χ4v) is 1.73. The van der Waals surface area contributed by atoms with E-state index in [0.717, 1.165) is 30.0 Å². The van der Waals surface area contributed by atoms with Crippen LogP contribution in [-0.2, 0) is 13.0 Å². The number of rotatable bonds is 3. The zero-order valence-electron chi connectivity index (χ0n) is 9.40. The Morgan fingerprint density at radius 1 is 1.44 bits per heavy atom. The number of hydrogen-bond donors (Lipinski definition) is 1. The molecule has 0 atom stereocenters. The summed E-state index contributed by atoms with van der Waals surface area (Å²) in [5.41, 5.74) is 2.03. The third kappa shape index (κ3) is 2.19. The van der Waals surface area contributed by atoms with Crippen molar-refractivity contribution < 1.29 is 0 Å². The van der Waals surface area contributed by atoms with E-state index in [1.54, 1.807) is 0 Å². The van der Waals surface area contributed by atoms with Gasteiger partial charge in [-0.3, -0.25) is 4.68 Å². The van der Waals surface area contributed by atoms with E-state index in [-0.39, 0.29) is 0 Å². The molecule has 0 aromatic carbocycles. The van der Waals surface area contributed by atoms with Crippen LogP contribution in [0.15, 0.2) is 18.5 Å². The van der Waals surface area contributed by atoms with Crippen LogP contribution in [0.4, 0.5) is 0 Å². The average Bonchev–Trinajstić information content (AvgIpc) is 2.76. The van der Waals surface area contributed by atoms with E-state index in [1.165, 1.54) is 0 Å². The largest absolute Gasteiger partial charge is 0.343 e. The monoisotopic (exact) mass is 234 g/mol. The van der Waals surface area contributed by atoms with E-state index in [2.05, 4.69) is 22.0 Å². The van der Waals surface area contributed by atoms with Crippen molar-refractivity contribution in [2.24, 2.45) is 0 Å². The summed E-state index contributed by atoms with van der Waals surface area (Å²) in [6.07, 6.45) is 4.68. The molecule has 0 fully saturated rings. The molecule has 0 spiro atoms. The van der Waals surface area contributed by atoms with Crippen molar-refractivity contribution in [1.29, 1.82) is 0 Å². The van der Waals surface area contributed by atoms with E-state index < -0.39 is 0 Å². The molecule has 4 nitrogen and oxygen atoms in total.